The van der Waals surface area contributed by atoms with Crippen LogP contribution in [-0.2, 0) is 0 Å². The molecule has 39 heavy (non-hydrogen) atoms. The van der Waals surface area contributed by atoms with E-state index in [1.54, 1.807) is 54.5 Å². The first-order valence-corrected chi connectivity index (χ1v) is 12.4. The second-order valence-corrected chi connectivity index (χ2v) is 9.14. The number of anilines is 2. The molecule has 8 nitrogen and oxygen atoms in total. The van der Waals surface area contributed by atoms with E-state index in [4.69, 9.17) is 4.74 Å². The summed E-state index contributed by atoms with van der Waals surface area (Å²) in [5.41, 5.74) is 3.14. The summed E-state index contributed by atoms with van der Waals surface area (Å²) < 4.78 is 19.9. The smallest absolute Gasteiger partial charge is 0.255 e. The van der Waals surface area contributed by atoms with Gasteiger partial charge in [-0.1, -0.05) is 6.07 Å². The second kappa shape index (κ2) is 11.2. The molecule has 2 heterocycles. The van der Waals surface area contributed by atoms with Crippen LogP contribution in [-0.4, -0.2) is 60.1 Å². The predicted molar refractivity (Wildman–Crippen MR) is 147 cm³/mol. The van der Waals surface area contributed by atoms with Gasteiger partial charge in [0.05, 0.1) is 13.3 Å². The lowest BCUT2D eigenvalue weighted by Crippen LogP contribution is -2.48. The molecule has 0 radical (unpaired) electrons. The zero-order valence-corrected chi connectivity index (χ0v) is 21.3. The quantitative estimate of drug-likeness (QED) is 0.374. The van der Waals surface area contributed by atoms with Crippen LogP contribution < -0.4 is 15.0 Å². The maximum Gasteiger partial charge on any atom is 0.255 e. The van der Waals surface area contributed by atoms with Crippen LogP contribution in [0.3, 0.4) is 0 Å². The van der Waals surface area contributed by atoms with Crippen LogP contribution in [0, 0.1) is 5.82 Å². The van der Waals surface area contributed by atoms with Gasteiger partial charge in [-0.05, 0) is 66.7 Å². The summed E-state index contributed by atoms with van der Waals surface area (Å²) in [6, 6.07) is 20.2. The zero-order chi connectivity index (χ0) is 27.4. The summed E-state index contributed by atoms with van der Waals surface area (Å²) in [6.45, 7) is 2.19. The van der Waals surface area contributed by atoms with E-state index in [-0.39, 0.29) is 28.7 Å². The number of carbonyl (C=O) groups is 2. The van der Waals surface area contributed by atoms with Crippen molar-refractivity contribution in [3.05, 3.63) is 102 Å². The van der Waals surface area contributed by atoms with Crippen molar-refractivity contribution in [1.82, 2.24) is 9.88 Å². The number of hydrogen-bond donors (Lipinski definition) is 2. The normalized spacial score (nSPS) is 13.2. The molecule has 2 N–H and O–H groups in total. The number of halogens is 1. The first-order chi connectivity index (χ1) is 18.9. The van der Waals surface area contributed by atoms with Gasteiger partial charge in [-0.2, -0.15) is 0 Å². The largest absolute Gasteiger partial charge is 0.506 e. The van der Waals surface area contributed by atoms with E-state index in [1.807, 2.05) is 12.1 Å². The number of pyridine rings is 1. The number of benzene rings is 3. The molecule has 0 aliphatic carbocycles. The first-order valence-electron chi connectivity index (χ1n) is 12.4. The van der Waals surface area contributed by atoms with E-state index in [0.29, 0.717) is 48.7 Å². The van der Waals surface area contributed by atoms with Crippen LogP contribution in [0.25, 0.3) is 11.1 Å². The number of ether oxygens (including phenoxy) is 1. The van der Waals surface area contributed by atoms with Crippen molar-refractivity contribution < 1.29 is 23.8 Å². The molecule has 0 atom stereocenters. The van der Waals surface area contributed by atoms with Crippen LogP contribution in [0.2, 0.25) is 0 Å². The highest BCUT2D eigenvalue weighted by atomic mass is 19.1. The average Bonchev–Trinajstić information content (AvgIpc) is 2.97. The topological polar surface area (TPSA) is 95.0 Å². The van der Waals surface area contributed by atoms with E-state index in [0.717, 1.165) is 5.69 Å². The molecule has 2 amide bonds. The van der Waals surface area contributed by atoms with E-state index in [9.17, 15) is 19.1 Å². The molecule has 4 aromatic rings. The van der Waals surface area contributed by atoms with Crippen molar-refractivity contribution in [2.45, 2.75) is 0 Å². The zero-order valence-electron chi connectivity index (χ0n) is 21.3. The highest BCUT2D eigenvalue weighted by Gasteiger charge is 2.23. The number of aromatic hydroxyl groups is 1. The number of methoxy groups -OCH3 is 1. The molecule has 1 saturated heterocycles. The van der Waals surface area contributed by atoms with Crippen LogP contribution in [0.4, 0.5) is 15.8 Å². The minimum Gasteiger partial charge on any atom is -0.506 e. The molecule has 5 rings (SSSR count). The summed E-state index contributed by atoms with van der Waals surface area (Å²) >= 11 is 0. The molecule has 0 bridgehead atoms. The molecular weight excluding hydrogens is 499 g/mol. The van der Waals surface area contributed by atoms with Crippen LogP contribution in [0.1, 0.15) is 20.7 Å². The number of nitrogens with zero attached hydrogens (tertiary/aromatic N) is 3. The van der Waals surface area contributed by atoms with Crippen molar-refractivity contribution >= 4 is 23.2 Å². The molecular formula is C30H27FN4O4. The Morgan fingerprint density at radius 3 is 2.23 bits per heavy atom. The highest BCUT2D eigenvalue weighted by molar-refractivity contribution is 6.04. The molecule has 1 fully saturated rings. The standard InChI is InChI=1S/C30H27FN4O4/c1-39-26-9-5-23(6-10-26)33-29(37)20-2-7-24(8-3-20)34-12-14-35(15-13-34)30(38)21-4-11-27(28(31)17-21)22-16-25(36)19-32-18-22/h2-11,16-19,36H,12-15H2,1H3,(H,33,37). The molecule has 1 aromatic heterocycles. The first kappa shape index (κ1) is 25.7. The van der Waals surface area contributed by atoms with Gasteiger partial charge in [0.1, 0.15) is 17.3 Å². The number of rotatable bonds is 6. The molecule has 0 spiro atoms. The molecule has 1 aliphatic rings. The van der Waals surface area contributed by atoms with Gasteiger partial charge >= 0.3 is 0 Å². The van der Waals surface area contributed by atoms with Gasteiger partial charge in [0.2, 0.25) is 0 Å². The average molecular weight is 527 g/mol. The monoisotopic (exact) mass is 526 g/mol. The number of piperazine rings is 1. The lowest BCUT2D eigenvalue weighted by molar-refractivity contribution is 0.0746. The second-order valence-electron chi connectivity index (χ2n) is 9.14. The Balaban J connectivity index is 1.17. The Morgan fingerprint density at radius 2 is 1.59 bits per heavy atom. The SMILES string of the molecule is COc1ccc(NC(=O)c2ccc(N3CCN(C(=O)c4ccc(-c5cncc(O)c5)c(F)c4)CC3)cc2)cc1. The predicted octanol–water partition coefficient (Wildman–Crippen LogP) is 4.82. The van der Waals surface area contributed by atoms with Gasteiger partial charge in [0.25, 0.3) is 11.8 Å². The third-order valence-corrected chi connectivity index (χ3v) is 6.66. The Morgan fingerprint density at radius 1 is 0.897 bits per heavy atom. The molecule has 9 heteroatoms. The number of amides is 2. The molecule has 3 aromatic carbocycles. The van der Waals surface area contributed by atoms with Crippen molar-refractivity contribution in [2.24, 2.45) is 0 Å². The molecule has 0 unspecified atom stereocenters. The Labute approximate surface area is 225 Å². The Bertz CT molecular complexity index is 1480. The van der Waals surface area contributed by atoms with Gasteiger partial charge in [0.15, 0.2) is 0 Å². The fourth-order valence-electron chi connectivity index (χ4n) is 4.51. The lowest BCUT2D eigenvalue weighted by Gasteiger charge is -2.36. The molecule has 198 valence electrons. The lowest BCUT2D eigenvalue weighted by atomic mass is 10.0. The van der Waals surface area contributed by atoms with Gasteiger partial charge < -0.3 is 25.0 Å². The molecule has 1 aliphatic heterocycles. The van der Waals surface area contributed by atoms with Gasteiger partial charge in [-0.15, -0.1) is 0 Å². The van der Waals surface area contributed by atoms with Crippen LogP contribution in [0.5, 0.6) is 11.5 Å². The number of aromatic nitrogens is 1. The molecule has 0 saturated carbocycles. The number of nitrogens with one attached hydrogen (secondary N) is 1. The Kier molecular flexibility index (Phi) is 7.40. The minimum absolute atomic E-state index is 0.0589. The van der Waals surface area contributed by atoms with E-state index < -0.39 is 5.82 Å². The third-order valence-electron chi connectivity index (χ3n) is 6.66. The number of carbonyl (C=O) groups excluding carboxylic acids is 2. The minimum atomic E-state index is -0.553. The van der Waals surface area contributed by atoms with Crippen molar-refractivity contribution in [2.75, 3.05) is 43.5 Å². The maximum atomic E-state index is 14.8. The Hall–Kier alpha value is -4.92. The number of hydrogen-bond acceptors (Lipinski definition) is 6. The van der Waals surface area contributed by atoms with Crippen molar-refractivity contribution in [3.63, 3.8) is 0 Å². The van der Waals surface area contributed by atoms with E-state index in [2.05, 4.69) is 15.2 Å². The van der Waals surface area contributed by atoms with E-state index >= 15 is 0 Å². The van der Waals surface area contributed by atoms with Gasteiger partial charge in [0, 0.05) is 66.0 Å². The third kappa shape index (κ3) is 5.82. The van der Waals surface area contributed by atoms with Crippen molar-refractivity contribution in [3.8, 4) is 22.6 Å². The summed E-state index contributed by atoms with van der Waals surface area (Å²) in [5, 5.41) is 12.5. The van der Waals surface area contributed by atoms with Crippen LogP contribution in [0.15, 0.2) is 85.2 Å². The van der Waals surface area contributed by atoms with Gasteiger partial charge in [-0.3, -0.25) is 14.6 Å². The summed E-state index contributed by atoms with van der Waals surface area (Å²) in [7, 11) is 1.59. The summed E-state index contributed by atoms with van der Waals surface area (Å²) in [6.07, 6.45) is 2.73. The van der Waals surface area contributed by atoms with Crippen molar-refractivity contribution in [1.29, 1.82) is 0 Å². The van der Waals surface area contributed by atoms with Crippen LogP contribution >= 0.6 is 0 Å². The van der Waals surface area contributed by atoms with Gasteiger partial charge in [-0.25, -0.2) is 4.39 Å². The fraction of sp³-hybridized carbons (Fsp3) is 0.167. The summed E-state index contributed by atoms with van der Waals surface area (Å²) in [4.78, 5) is 33.4. The van der Waals surface area contributed by atoms with E-state index in [1.165, 1.54) is 30.6 Å². The summed E-state index contributed by atoms with van der Waals surface area (Å²) in [5.74, 6) is -0.341. The highest BCUT2D eigenvalue weighted by Crippen LogP contribution is 2.26. The fourth-order valence-corrected chi connectivity index (χ4v) is 4.51. The maximum absolute atomic E-state index is 14.8.